The first-order valence-electron chi connectivity index (χ1n) is 8.70. The number of Topliss-reactive ketones (excluding diaryl/α,β-unsaturated/α-hetero) is 1. The van der Waals surface area contributed by atoms with Gasteiger partial charge in [-0.2, -0.15) is 30.7 Å². The maximum absolute atomic E-state index is 13.7. The summed E-state index contributed by atoms with van der Waals surface area (Å²) in [4.78, 5) is 34.7. The molecule has 0 heterocycles. The largest absolute Gasteiger partial charge is 0.743 e. The number of hydrogen-bond donors (Lipinski definition) is 1. The molecule has 0 radical (unpaired) electrons. The highest BCUT2D eigenvalue weighted by molar-refractivity contribution is 7.86. The van der Waals surface area contributed by atoms with Crippen LogP contribution in [0.15, 0.2) is 12.2 Å². The van der Waals surface area contributed by atoms with Gasteiger partial charge in [-0.05, 0) is 26.7 Å². The lowest BCUT2D eigenvalue weighted by molar-refractivity contribution is -0.347. The van der Waals surface area contributed by atoms with Crippen LogP contribution in [-0.4, -0.2) is 66.9 Å². The van der Waals surface area contributed by atoms with Crippen LogP contribution < -0.4 is 5.32 Å². The highest BCUT2D eigenvalue weighted by Gasteiger charge is 2.66. The zero-order valence-corrected chi connectivity index (χ0v) is 17.9. The first-order chi connectivity index (χ1) is 14.6. The van der Waals surface area contributed by atoms with Crippen molar-refractivity contribution >= 4 is 27.8 Å². The Morgan fingerprint density at radius 2 is 1.52 bits per heavy atom. The molecule has 0 aliphatic carbocycles. The van der Waals surface area contributed by atoms with E-state index < -0.39 is 88.9 Å². The maximum Gasteiger partial charge on any atom is 0.466 e. The van der Waals surface area contributed by atoms with Crippen LogP contribution in [0.2, 0.25) is 0 Å². The van der Waals surface area contributed by atoms with Crippen LogP contribution in [0.25, 0.3) is 0 Å². The summed E-state index contributed by atoms with van der Waals surface area (Å²) >= 11 is 0. The molecule has 17 heteroatoms. The van der Waals surface area contributed by atoms with E-state index >= 15 is 0 Å². The molecular weight excluding hydrogens is 499 g/mol. The van der Waals surface area contributed by atoms with Crippen LogP contribution in [0.1, 0.15) is 33.1 Å². The van der Waals surface area contributed by atoms with E-state index in [0.29, 0.717) is 0 Å². The summed E-state index contributed by atoms with van der Waals surface area (Å²) in [6.07, 6.45) is -9.74. The zero-order chi connectivity index (χ0) is 26.5. The number of ketones is 1. The number of halogens is 7. The maximum atomic E-state index is 13.7. The molecule has 192 valence electrons. The average molecular weight is 518 g/mol. The molecule has 0 saturated heterocycles. The van der Waals surface area contributed by atoms with Gasteiger partial charge in [0.2, 0.25) is 0 Å². The number of carbonyl (C=O) groups excluding carboxylic acids is 3. The topological polar surface area (TPSA) is 139 Å². The van der Waals surface area contributed by atoms with Crippen molar-refractivity contribution in [1.29, 1.82) is 0 Å². The molecule has 0 saturated carbocycles. The smallest absolute Gasteiger partial charge is 0.466 e. The summed E-state index contributed by atoms with van der Waals surface area (Å²) in [5, 5.41) is -4.47. The van der Waals surface area contributed by atoms with Crippen LogP contribution in [0, 0.1) is 0 Å². The number of esters is 1. The van der Waals surface area contributed by atoms with Crippen molar-refractivity contribution in [3.05, 3.63) is 12.2 Å². The minimum atomic E-state index is -6.75. The normalized spacial score (nSPS) is 14.8. The van der Waals surface area contributed by atoms with Gasteiger partial charge >= 0.3 is 35.0 Å². The van der Waals surface area contributed by atoms with Crippen molar-refractivity contribution in [3.63, 3.8) is 0 Å². The van der Waals surface area contributed by atoms with E-state index in [4.69, 9.17) is 0 Å². The van der Waals surface area contributed by atoms with Crippen molar-refractivity contribution in [2.45, 2.75) is 56.3 Å². The Kier molecular flexibility index (Phi) is 10.0. The second-order valence-corrected chi connectivity index (χ2v) is 8.07. The lowest BCUT2D eigenvalue weighted by atomic mass is 10.1. The molecule has 1 unspecified atom stereocenters. The lowest BCUT2D eigenvalue weighted by Crippen LogP contribution is -2.62. The summed E-state index contributed by atoms with van der Waals surface area (Å²) in [6, 6.07) is 0. The third-order valence-corrected chi connectivity index (χ3v) is 4.61. The summed E-state index contributed by atoms with van der Waals surface area (Å²) in [5.41, 5.74) is -0.604. The van der Waals surface area contributed by atoms with E-state index in [9.17, 15) is 58.1 Å². The summed E-state index contributed by atoms with van der Waals surface area (Å²) in [5.74, 6) is -14.4. The molecule has 0 rings (SSSR count). The Balaban J connectivity index is 5.58. The molecule has 0 aromatic rings. The van der Waals surface area contributed by atoms with Gasteiger partial charge in [0.15, 0.2) is 10.1 Å². The summed E-state index contributed by atoms with van der Waals surface area (Å²) in [7, 11) is -6.75. The van der Waals surface area contributed by atoms with Gasteiger partial charge in [0, 0.05) is 12.0 Å². The Hall–Kier alpha value is -2.27. The van der Waals surface area contributed by atoms with Gasteiger partial charge in [0.25, 0.3) is 0 Å². The fraction of sp³-hybridized carbons (Fsp3) is 0.688. The Morgan fingerprint density at radius 3 is 1.91 bits per heavy atom. The van der Waals surface area contributed by atoms with Crippen LogP contribution in [-0.2, 0) is 34.0 Å². The molecule has 33 heavy (non-hydrogen) atoms. The minimum Gasteiger partial charge on any atom is -0.743 e. The minimum absolute atomic E-state index is 0.604. The van der Waals surface area contributed by atoms with E-state index in [2.05, 4.69) is 16.1 Å². The number of nitrogens with one attached hydrogen (secondary N) is 1. The van der Waals surface area contributed by atoms with Crippen molar-refractivity contribution in [2.24, 2.45) is 0 Å². The molecule has 9 nitrogen and oxygen atoms in total. The van der Waals surface area contributed by atoms with Gasteiger partial charge < -0.3 is 19.3 Å². The van der Waals surface area contributed by atoms with Crippen LogP contribution in [0.3, 0.4) is 0 Å². The Morgan fingerprint density at radius 1 is 1.00 bits per heavy atom. The van der Waals surface area contributed by atoms with E-state index in [1.807, 2.05) is 0 Å². The first kappa shape index (κ1) is 30.7. The molecule has 0 aliphatic heterocycles. The molecule has 0 spiro atoms. The second-order valence-electron chi connectivity index (χ2n) is 6.65. The fourth-order valence-electron chi connectivity index (χ4n) is 1.94. The number of rotatable bonds is 13. The number of ether oxygens (including phenoxy) is 2. The van der Waals surface area contributed by atoms with Gasteiger partial charge in [-0.25, -0.2) is 13.2 Å². The highest BCUT2D eigenvalue weighted by atomic mass is 32.2. The highest BCUT2D eigenvalue weighted by Crippen LogP contribution is 2.42. The number of unbranched alkanes of at least 4 members (excludes halogenated alkanes) is 1. The van der Waals surface area contributed by atoms with Crippen LogP contribution in [0.4, 0.5) is 30.7 Å². The third-order valence-electron chi connectivity index (χ3n) is 3.69. The molecule has 1 atom stereocenters. The van der Waals surface area contributed by atoms with E-state index in [1.165, 1.54) is 5.32 Å². The van der Waals surface area contributed by atoms with Gasteiger partial charge in [0.05, 0.1) is 13.2 Å². The van der Waals surface area contributed by atoms with Crippen LogP contribution in [0.5, 0.6) is 0 Å². The molecule has 0 fully saturated rings. The summed E-state index contributed by atoms with van der Waals surface area (Å²) < 4.78 is 133. The molecule has 0 bridgehead atoms. The van der Waals surface area contributed by atoms with Gasteiger partial charge in [0.1, 0.15) is 5.78 Å². The lowest BCUT2D eigenvalue weighted by Gasteiger charge is -2.33. The molecule has 0 aromatic heterocycles. The quantitative estimate of drug-likeness (QED) is 0.0976. The fourth-order valence-corrected chi connectivity index (χ4v) is 2.41. The number of amides is 1. The zero-order valence-electron chi connectivity index (χ0n) is 17.1. The first-order valence-corrected chi connectivity index (χ1v) is 10.1. The molecule has 0 aliphatic rings. The predicted octanol–water partition coefficient (Wildman–Crippen LogP) is 2.03. The van der Waals surface area contributed by atoms with E-state index in [1.54, 1.807) is 0 Å². The monoisotopic (exact) mass is 518 g/mol. The van der Waals surface area contributed by atoms with E-state index in [-0.39, 0.29) is 0 Å². The standard InChI is InChI=1S/C16H20F7NO8S/c1-9(2)11(26)32-14(15(19,20)21,12(27)24-8-10(3)25)31-7-5-4-6-13(17,18)16(22,23)33(28,29)30/h1,4-8H2,2-3H3,(H,24,27)(H,28,29,30)/p-1. The Labute approximate surface area is 183 Å². The summed E-state index contributed by atoms with van der Waals surface area (Å²) in [6.45, 7) is 2.61. The van der Waals surface area contributed by atoms with Gasteiger partial charge in [-0.3, -0.25) is 9.59 Å². The number of carbonyl (C=O) groups is 3. The second kappa shape index (κ2) is 10.8. The van der Waals surface area contributed by atoms with Crippen molar-refractivity contribution in [1.82, 2.24) is 5.32 Å². The Bertz CT molecular complexity index is 873. The molecule has 1 N–H and O–H groups in total. The predicted molar refractivity (Wildman–Crippen MR) is 92.8 cm³/mol. The molecular formula is C16H19F7NO8S-. The van der Waals surface area contributed by atoms with Gasteiger partial charge in [-0.15, -0.1) is 0 Å². The molecule has 1 amide bonds. The van der Waals surface area contributed by atoms with Crippen molar-refractivity contribution in [2.75, 3.05) is 13.2 Å². The SMILES string of the molecule is C=C(C)C(=O)OC(OCCCCC(F)(F)C(F)(F)S(=O)(=O)[O-])(C(=O)NCC(C)=O)C(F)(F)F. The van der Waals surface area contributed by atoms with Crippen molar-refractivity contribution < 1.29 is 67.6 Å². The van der Waals surface area contributed by atoms with Crippen LogP contribution >= 0.6 is 0 Å². The van der Waals surface area contributed by atoms with E-state index in [0.717, 1.165) is 13.8 Å². The number of alkyl halides is 7. The molecule has 0 aromatic carbocycles. The van der Waals surface area contributed by atoms with Gasteiger partial charge in [-0.1, -0.05) is 6.58 Å². The third kappa shape index (κ3) is 7.63. The average Bonchev–Trinajstić information content (AvgIpc) is 2.62. The van der Waals surface area contributed by atoms with Crippen molar-refractivity contribution in [3.8, 4) is 0 Å². The number of hydrogen-bond acceptors (Lipinski definition) is 8.